The zero-order valence-corrected chi connectivity index (χ0v) is 8.89. The molecule has 0 aliphatic rings. The molecule has 0 bridgehead atoms. The quantitative estimate of drug-likeness (QED) is 0.440. The van der Waals surface area contributed by atoms with Crippen molar-refractivity contribution in [1.82, 2.24) is 5.32 Å². The predicted octanol–water partition coefficient (Wildman–Crippen LogP) is -0.102. The van der Waals surface area contributed by atoms with E-state index >= 15 is 0 Å². The van der Waals surface area contributed by atoms with Crippen LogP contribution in [-0.4, -0.2) is 25.5 Å². The Balaban J connectivity index is 3.26. The summed E-state index contributed by atoms with van der Waals surface area (Å²) in [6.45, 7) is 12.4. The number of quaternary nitrogens is 1. The molecular weight excluding hydrogens is 164 g/mol. The van der Waals surface area contributed by atoms with E-state index in [-0.39, 0.29) is 5.91 Å². The maximum atomic E-state index is 11.0. The van der Waals surface area contributed by atoms with Crippen LogP contribution in [0.3, 0.4) is 0 Å². The van der Waals surface area contributed by atoms with E-state index in [1.54, 1.807) is 6.92 Å². The number of rotatable bonds is 6. The molecule has 0 unspecified atom stereocenters. The van der Waals surface area contributed by atoms with E-state index in [9.17, 15) is 4.79 Å². The molecule has 0 fully saturated rings. The Morgan fingerprint density at radius 3 is 2.62 bits per heavy atom. The van der Waals surface area contributed by atoms with Crippen molar-refractivity contribution in [3.8, 4) is 0 Å². The maximum Gasteiger partial charge on any atom is 0.246 e. The lowest BCUT2D eigenvalue weighted by molar-refractivity contribution is -0.657. The van der Waals surface area contributed by atoms with E-state index in [2.05, 4.69) is 31.1 Å². The normalized spacial score (nSPS) is 10.2. The predicted molar refractivity (Wildman–Crippen MR) is 54.3 cm³/mol. The molecule has 76 valence electrons. The Hall–Kier alpha value is -0.830. The molecule has 3 N–H and O–H groups in total. The topological polar surface area (TPSA) is 45.7 Å². The zero-order valence-electron chi connectivity index (χ0n) is 8.89. The summed E-state index contributed by atoms with van der Waals surface area (Å²) in [6.07, 6.45) is 0. The summed E-state index contributed by atoms with van der Waals surface area (Å²) < 4.78 is 0. The van der Waals surface area contributed by atoms with Gasteiger partial charge in [-0.15, -0.1) is 0 Å². The van der Waals surface area contributed by atoms with Crippen molar-refractivity contribution < 1.29 is 10.1 Å². The standard InChI is InChI=1S/C10H20N2O/c1-8(2)7-11-5-6-12-10(13)9(3)4/h8,11H,3,5-7H2,1-2,4H3,(H,12,13)/p+1. The fraction of sp³-hybridized carbons (Fsp3) is 0.700. The highest BCUT2D eigenvalue weighted by Gasteiger charge is 2.00. The molecular formula is C10H21N2O+. The molecule has 0 saturated carbocycles. The monoisotopic (exact) mass is 185 g/mol. The van der Waals surface area contributed by atoms with E-state index in [1.807, 2.05) is 0 Å². The van der Waals surface area contributed by atoms with Gasteiger partial charge in [0.2, 0.25) is 5.91 Å². The van der Waals surface area contributed by atoms with E-state index in [4.69, 9.17) is 0 Å². The molecule has 0 aliphatic heterocycles. The van der Waals surface area contributed by atoms with Crippen LogP contribution in [0.25, 0.3) is 0 Å². The first kappa shape index (κ1) is 12.2. The molecule has 13 heavy (non-hydrogen) atoms. The largest absolute Gasteiger partial charge is 0.347 e. The summed E-state index contributed by atoms with van der Waals surface area (Å²) in [5.74, 6) is 0.662. The van der Waals surface area contributed by atoms with Crippen LogP contribution < -0.4 is 10.6 Å². The van der Waals surface area contributed by atoms with Gasteiger partial charge < -0.3 is 10.6 Å². The summed E-state index contributed by atoms with van der Waals surface area (Å²) in [6, 6.07) is 0. The van der Waals surface area contributed by atoms with Gasteiger partial charge in [0.1, 0.15) is 0 Å². The molecule has 0 aliphatic carbocycles. The Morgan fingerprint density at radius 2 is 2.15 bits per heavy atom. The van der Waals surface area contributed by atoms with E-state index in [1.165, 1.54) is 0 Å². The van der Waals surface area contributed by atoms with Gasteiger partial charge in [-0.2, -0.15) is 0 Å². The van der Waals surface area contributed by atoms with Crippen molar-refractivity contribution in [2.45, 2.75) is 20.8 Å². The average Bonchev–Trinajstić information content (AvgIpc) is 2.02. The fourth-order valence-corrected chi connectivity index (χ4v) is 0.890. The third kappa shape index (κ3) is 7.53. The summed E-state index contributed by atoms with van der Waals surface area (Å²) >= 11 is 0. The Labute approximate surface area is 80.6 Å². The first-order chi connectivity index (χ1) is 6.04. The van der Waals surface area contributed by atoms with Crippen molar-refractivity contribution in [3.63, 3.8) is 0 Å². The Kier molecular flexibility index (Phi) is 6.24. The maximum absolute atomic E-state index is 11.0. The average molecular weight is 185 g/mol. The van der Waals surface area contributed by atoms with Crippen LogP contribution >= 0.6 is 0 Å². The molecule has 0 aromatic heterocycles. The van der Waals surface area contributed by atoms with Crippen LogP contribution in [0.4, 0.5) is 0 Å². The molecule has 0 aromatic carbocycles. The molecule has 3 nitrogen and oxygen atoms in total. The number of nitrogens with two attached hydrogens (primary N) is 1. The van der Waals surface area contributed by atoms with Crippen LogP contribution in [0, 0.1) is 5.92 Å². The minimum absolute atomic E-state index is 0.0436. The number of carbonyl (C=O) groups excluding carboxylic acids is 1. The van der Waals surface area contributed by atoms with E-state index < -0.39 is 0 Å². The van der Waals surface area contributed by atoms with Crippen molar-refractivity contribution in [2.75, 3.05) is 19.6 Å². The van der Waals surface area contributed by atoms with Gasteiger partial charge in [-0.05, 0) is 6.92 Å². The number of hydrogen-bond donors (Lipinski definition) is 2. The fourth-order valence-electron chi connectivity index (χ4n) is 0.890. The molecule has 0 spiro atoms. The third-order valence-corrected chi connectivity index (χ3v) is 1.66. The third-order valence-electron chi connectivity index (χ3n) is 1.66. The van der Waals surface area contributed by atoms with Gasteiger partial charge in [-0.1, -0.05) is 20.4 Å². The summed E-state index contributed by atoms with van der Waals surface area (Å²) in [4.78, 5) is 11.0. The molecule has 0 saturated heterocycles. The second kappa shape index (κ2) is 6.66. The van der Waals surface area contributed by atoms with Gasteiger partial charge >= 0.3 is 0 Å². The van der Waals surface area contributed by atoms with Gasteiger partial charge in [0.05, 0.1) is 19.6 Å². The lowest BCUT2D eigenvalue weighted by atomic mass is 10.2. The molecule has 0 aromatic rings. The highest BCUT2D eigenvalue weighted by molar-refractivity contribution is 5.91. The number of carbonyl (C=O) groups is 1. The van der Waals surface area contributed by atoms with Gasteiger partial charge in [-0.3, -0.25) is 4.79 Å². The van der Waals surface area contributed by atoms with Crippen LogP contribution in [0.5, 0.6) is 0 Å². The summed E-state index contributed by atoms with van der Waals surface area (Å²) in [5, 5.41) is 5.00. The van der Waals surface area contributed by atoms with Crippen LogP contribution in [0.1, 0.15) is 20.8 Å². The van der Waals surface area contributed by atoms with Crippen LogP contribution in [0.15, 0.2) is 12.2 Å². The molecule has 0 heterocycles. The molecule has 0 atom stereocenters. The highest BCUT2D eigenvalue weighted by atomic mass is 16.1. The van der Waals surface area contributed by atoms with Gasteiger partial charge in [0.25, 0.3) is 0 Å². The van der Waals surface area contributed by atoms with E-state index in [0.29, 0.717) is 11.5 Å². The van der Waals surface area contributed by atoms with Crippen molar-refractivity contribution in [3.05, 3.63) is 12.2 Å². The SMILES string of the molecule is C=C(C)C(=O)NCC[NH2+]CC(C)C. The molecule has 1 amide bonds. The lowest BCUT2D eigenvalue weighted by Gasteiger charge is -2.05. The molecule has 0 radical (unpaired) electrons. The van der Waals surface area contributed by atoms with Crippen LogP contribution in [-0.2, 0) is 4.79 Å². The second-order valence-electron chi connectivity index (χ2n) is 3.74. The summed E-state index contributed by atoms with van der Waals surface area (Å²) in [7, 11) is 0. The Morgan fingerprint density at radius 1 is 1.54 bits per heavy atom. The minimum atomic E-state index is -0.0436. The molecule has 3 heteroatoms. The van der Waals surface area contributed by atoms with Crippen molar-refractivity contribution >= 4 is 5.91 Å². The lowest BCUT2D eigenvalue weighted by Crippen LogP contribution is -2.86. The summed E-state index contributed by atoms with van der Waals surface area (Å²) in [5.41, 5.74) is 0.573. The van der Waals surface area contributed by atoms with Crippen molar-refractivity contribution in [1.29, 1.82) is 0 Å². The van der Waals surface area contributed by atoms with Crippen LogP contribution in [0.2, 0.25) is 0 Å². The highest BCUT2D eigenvalue weighted by Crippen LogP contribution is 1.83. The zero-order chi connectivity index (χ0) is 10.3. The van der Waals surface area contributed by atoms with Gasteiger partial charge in [-0.25, -0.2) is 0 Å². The second-order valence-corrected chi connectivity index (χ2v) is 3.74. The molecule has 0 rings (SSSR count). The Bertz CT molecular complexity index is 176. The van der Waals surface area contributed by atoms with Gasteiger partial charge in [0.15, 0.2) is 0 Å². The van der Waals surface area contributed by atoms with E-state index in [0.717, 1.165) is 19.6 Å². The number of amides is 1. The number of nitrogens with one attached hydrogen (secondary N) is 1. The first-order valence-electron chi connectivity index (χ1n) is 4.79. The van der Waals surface area contributed by atoms with Crippen molar-refractivity contribution in [2.24, 2.45) is 5.92 Å². The van der Waals surface area contributed by atoms with Gasteiger partial charge in [0, 0.05) is 11.5 Å². The number of hydrogen-bond acceptors (Lipinski definition) is 1. The minimum Gasteiger partial charge on any atom is -0.347 e. The first-order valence-corrected chi connectivity index (χ1v) is 4.79. The smallest absolute Gasteiger partial charge is 0.246 e.